The predicted molar refractivity (Wildman–Crippen MR) is 186 cm³/mol. The Morgan fingerprint density at radius 3 is 1.09 bits per heavy atom. The molecule has 0 aromatic heterocycles. The van der Waals surface area contributed by atoms with E-state index in [1.165, 1.54) is 11.1 Å². The summed E-state index contributed by atoms with van der Waals surface area (Å²) in [6.07, 6.45) is 0. The first-order valence-corrected chi connectivity index (χ1v) is 17.0. The Kier molecular flexibility index (Phi) is 11.1. The van der Waals surface area contributed by atoms with Crippen LogP contribution in [-0.4, -0.2) is 22.3 Å². The van der Waals surface area contributed by atoms with Gasteiger partial charge in [-0.15, -0.1) is 23.5 Å². The molecule has 0 spiro atoms. The molecule has 0 aliphatic rings. The molecule has 0 radical (unpaired) electrons. The maximum Gasteiger partial charge on any atom is 0.237 e. The first-order chi connectivity index (χ1) is 20.4. The van der Waals surface area contributed by atoms with E-state index in [-0.39, 0.29) is 22.3 Å². The van der Waals surface area contributed by atoms with Gasteiger partial charge in [0.05, 0.1) is 10.5 Å². The Labute approximate surface area is 269 Å². The Balaban J connectivity index is 1.29. The molecule has 0 saturated carbocycles. The number of thioether (sulfide) groups is 2. The van der Waals surface area contributed by atoms with Gasteiger partial charge < -0.3 is 10.6 Å². The van der Waals surface area contributed by atoms with E-state index in [1.807, 2.05) is 41.5 Å². The van der Waals surface area contributed by atoms with Gasteiger partial charge in [0.15, 0.2) is 0 Å². The quantitative estimate of drug-likeness (QED) is 0.171. The molecule has 0 heterocycles. The number of aryl methyl sites for hydroxylation is 6. The Morgan fingerprint density at radius 1 is 0.512 bits per heavy atom. The fraction of sp³-hybridized carbons (Fsp3) is 0.278. The third-order valence-electron chi connectivity index (χ3n) is 7.10. The van der Waals surface area contributed by atoms with Crippen molar-refractivity contribution in [2.24, 2.45) is 0 Å². The highest BCUT2D eigenvalue weighted by Gasteiger charge is 2.18. The second-order valence-electron chi connectivity index (χ2n) is 11.1. The van der Waals surface area contributed by atoms with E-state index >= 15 is 0 Å². The van der Waals surface area contributed by atoms with Crippen molar-refractivity contribution in [2.75, 3.05) is 10.6 Å². The molecular weight excluding hydrogens is 589 g/mol. The number of amides is 2. The van der Waals surface area contributed by atoms with E-state index < -0.39 is 0 Å². The molecule has 0 aliphatic heterocycles. The molecule has 7 heteroatoms. The van der Waals surface area contributed by atoms with Crippen molar-refractivity contribution in [1.29, 1.82) is 0 Å². The van der Waals surface area contributed by atoms with Gasteiger partial charge >= 0.3 is 0 Å². The van der Waals surface area contributed by atoms with E-state index in [1.54, 1.807) is 35.3 Å². The molecule has 4 rings (SSSR count). The van der Waals surface area contributed by atoms with Crippen LogP contribution in [0.2, 0.25) is 0 Å². The Morgan fingerprint density at radius 2 is 0.791 bits per heavy atom. The van der Waals surface area contributed by atoms with Gasteiger partial charge in [-0.1, -0.05) is 47.2 Å². The first kappa shape index (κ1) is 32.8. The molecule has 2 N–H and O–H groups in total. The number of benzene rings is 4. The lowest BCUT2D eigenvalue weighted by Crippen LogP contribution is -2.23. The molecule has 2 amide bonds. The molecule has 0 aliphatic carbocycles. The molecule has 43 heavy (non-hydrogen) atoms. The second kappa shape index (κ2) is 14.6. The third-order valence-corrected chi connectivity index (χ3v) is 10.3. The maximum atomic E-state index is 12.9. The van der Waals surface area contributed by atoms with E-state index in [4.69, 9.17) is 0 Å². The van der Waals surface area contributed by atoms with Gasteiger partial charge in [0.2, 0.25) is 11.8 Å². The van der Waals surface area contributed by atoms with Crippen molar-refractivity contribution in [1.82, 2.24) is 0 Å². The van der Waals surface area contributed by atoms with Crippen LogP contribution < -0.4 is 10.6 Å². The van der Waals surface area contributed by atoms with Crippen LogP contribution in [0.15, 0.2) is 92.4 Å². The summed E-state index contributed by atoms with van der Waals surface area (Å²) in [5, 5.41) is 5.79. The summed E-state index contributed by atoms with van der Waals surface area (Å²) < 4.78 is 0. The van der Waals surface area contributed by atoms with Gasteiger partial charge in [0.25, 0.3) is 0 Å². The van der Waals surface area contributed by atoms with Crippen molar-refractivity contribution in [3.8, 4) is 0 Å². The molecule has 4 nitrogen and oxygen atoms in total. The zero-order valence-corrected chi connectivity index (χ0v) is 28.6. The predicted octanol–water partition coefficient (Wildman–Crippen LogP) is 9.93. The molecule has 2 atom stereocenters. The van der Waals surface area contributed by atoms with Gasteiger partial charge in [-0.25, -0.2) is 0 Å². The fourth-order valence-corrected chi connectivity index (χ4v) is 7.58. The molecule has 2 unspecified atom stereocenters. The van der Waals surface area contributed by atoms with Gasteiger partial charge in [0, 0.05) is 31.0 Å². The average Bonchev–Trinajstić information content (AvgIpc) is 2.94. The number of nitrogens with one attached hydrogen (secondary N) is 2. The summed E-state index contributed by atoms with van der Waals surface area (Å²) >= 11 is 4.80. The number of carbonyl (C=O) groups is 2. The van der Waals surface area contributed by atoms with Crippen LogP contribution in [0.5, 0.6) is 0 Å². The smallest absolute Gasteiger partial charge is 0.237 e. The van der Waals surface area contributed by atoms with Gasteiger partial charge in [-0.2, -0.15) is 0 Å². The van der Waals surface area contributed by atoms with Gasteiger partial charge in [-0.05, 0) is 126 Å². The molecule has 0 saturated heterocycles. The normalized spacial score (nSPS) is 12.5. The molecule has 0 bridgehead atoms. The number of hydrogen-bond donors (Lipinski definition) is 2. The lowest BCUT2D eigenvalue weighted by atomic mass is 10.1. The minimum absolute atomic E-state index is 0.00337. The van der Waals surface area contributed by atoms with Crippen LogP contribution in [-0.2, 0) is 9.59 Å². The highest BCUT2D eigenvalue weighted by molar-refractivity contribution is 8.01. The van der Waals surface area contributed by atoms with Gasteiger partial charge in [-0.3, -0.25) is 9.59 Å². The number of hydrogen-bond acceptors (Lipinski definition) is 5. The average molecular weight is 629 g/mol. The SMILES string of the molecule is Cc1cc(C)c(NC(=O)C(C)Sc2ccc(Sc3ccc(SC(C)C(=O)Nc4c(C)cc(C)cc4C)cc3)cc2)c(C)c1. The number of rotatable bonds is 10. The number of anilines is 2. The second-order valence-corrected chi connectivity index (χ2v) is 15.1. The monoisotopic (exact) mass is 628 g/mol. The van der Waals surface area contributed by atoms with Crippen molar-refractivity contribution < 1.29 is 9.59 Å². The summed E-state index contributed by atoms with van der Waals surface area (Å²) in [5.74, 6) is 0.00674. The minimum Gasteiger partial charge on any atom is -0.325 e. The summed E-state index contributed by atoms with van der Waals surface area (Å²) in [7, 11) is 0. The van der Waals surface area contributed by atoms with E-state index in [0.29, 0.717) is 0 Å². The zero-order chi connectivity index (χ0) is 31.3. The van der Waals surface area contributed by atoms with Crippen LogP contribution in [0.4, 0.5) is 11.4 Å². The fourth-order valence-electron chi connectivity index (χ4n) is 5.03. The summed E-state index contributed by atoms with van der Waals surface area (Å²) in [4.78, 5) is 30.2. The summed E-state index contributed by atoms with van der Waals surface area (Å²) in [6, 6.07) is 25.0. The van der Waals surface area contributed by atoms with Gasteiger partial charge in [0.1, 0.15) is 0 Å². The standard InChI is InChI=1S/C36H40N2O2S3/c1-21-17-23(3)33(24(4)18-21)37-35(39)27(7)41-29-9-13-31(14-10-29)43-32-15-11-30(12-16-32)42-28(8)36(40)38-34-25(5)19-22(2)20-26(34)6/h9-20,27-28H,1-8H3,(H,37,39)(H,38,40). The van der Waals surface area contributed by atoms with E-state index in [9.17, 15) is 9.59 Å². The Hall–Kier alpha value is -3.13. The lowest BCUT2D eigenvalue weighted by Gasteiger charge is -2.16. The Bertz CT molecular complexity index is 1450. The van der Waals surface area contributed by atoms with Crippen molar-refractivity contribution in [3.63, 3.8) is 0 Å². The summed E-state index contributed by atoms with van der Waals surface area (Å²) in [6.45, 7) is 16.1. The zero-order valence-electron chi connectivity index (χ0n) is 26.1. The van der Waals surface area contributed by atoms with Crippen LogP contribution in [0.25, 0.3) is 0 Å². The van der Waals surface area contributed by atoms with Crippen LogP contribution in [0, 0.1) is 41.5 Å². The molecule has 4 aromatic carbocycles. The summed E-state index contributed by atoms with van der Waals surface area (Å²) in [5.41, 5.74) is 8.54. The lowest BCUT2D eigenvalue weighted by molar-refractivity contribution is -0.116. The highest BCUT2D eigenvalue weighted by Crippen LogP contribution is 2.34. The van der Waals surface area contributed by atoms with Crippen LogP contribution >= 0.6 is 35.3 Å². The van der Waals surface area contributed by atoms with Crippen LogP contribution in [0.3, 0.4) is 0 Å². The largest absolute Gasteiger partial charge is 0.325 e. The van der Waals surface area contributed by atoms with Crippen molar-refractivity contribution in [2.45, 2.75) is 85.5 Å². The third kappa shape index (κ3) is 8.94. The van der Waals surface area contributed by atoms with Crippen molar-refractivity contribution in [3.05, 3.63) is 106 Å². The molecule has 4 aromatic rings. The minimum atomic E-state index is -0.224. The highest BCUT2D eigenvalue weighted by atomic mass is 32.2. The number of carbonyl (C=O) groups excluding carboxylic acids is 2. The maximum absolute atomic E-state index is 12.9. The van der Waals surface area contributed by atoms with Crippen molar-refractivity contribution >= 4 is 58.5 Å². The molecule has 0 fully saturated rings. The van der Waals surface area contributed by atoms with E-state index in [0.717, 1.165) is 53.2 Å². The topological polar surface area (TPSA) is 58.2 Å². The molecule has 224 valence electrons. The van der Waals surface area contributed by atoms with E-state index in [2.05, 4.69) is 97.3 Å². The first-order valence-electron chi connectivity index (χ1n) is 14.4. The van der Waals surface area contributed by atoms with Crippen LogP contribution in [0.1, 0.15) is 47.2 Å². The molecular formula is C36H40N2O2S3.